The highest BCUT2D eigenvalue weighted by molar-refractivity contribution is 7.89. The molecule has 0 unspecified atom stereocenters. The van der Waals surface area contributed by atoms with E-state index in [0.29, 0.717) is 11.5 Å². The van der Waals surface area contributed by atoms with Crippen molar-refractivity contribution in [3.63, 3.8) is 0 Å². The van der Waals surface area contributed by atoms with Crippen LogP contribution in [0.3, 0.4) is 0 Å². The van der Waals surface area contributed by atoms with Crippen LogP contribution in [0.4, 0.5) is 4.39 Å². The van der Waals surface area contributed by atoms with E-state index in [1.54, 1.807) is 13.0 Å². The molecule has 112 valence electrons. The number of halogens is 1. The highest BCUT2D eigenvalue weighted by Crippen LogP contribution is 2.19. The van der Waals surface area contributed by atoms with Gasteiger partial charge in [0.05, 0.1) is 22.7 Å². The quantitative estimate of drug-likeness (QED) is 0.801. The van der Waals surface area contributed by atoms with Crippen LogP contribution < -0.4 is 10.5 Å². The number of rotatable bonds is 5. The summed E-state index contributed by atoms with van der Waals surface area (Å²) in [5.74, 6) is -0.453. The Morgan fingerprint density at radius 2 is 2.24 bits per heavy atom. The van der Waals surface area contributed by atoms with Crippen molar-refractivity contribution in [1.29, 1.82) is 0 Å². The van der Waals surface area contributed by atoms with Gasteiger partial charge >= 0.3 is 0 Å². The fourth-order valence-electron chi connectivity index (χ4n) is 1.71. The third-order valence-corrected chi connectivity index (χ3v) is 4.27. The summed E-state index contributed by atoms with van der Waals surface area (Å²) in [5.41, 5.74) is 5.71. The fourth-order valence-corrected chi connectivity index (χ4v) is 3.20. The van der Waals surface area contributed by atoms with E-state index in [1.165, 1.54) is 12.1 Å². The molecule has 0 spiro atoms. The van der Waals surface area contributed by atoms with Gasteiger partial charge in [0.2, 0.25) is 10.0 Å². The third kappa shape index (κ3) is 3.43. The monoisotopic (exact) mass is 329 g/mol. The van der Waals surface area contributed by atoms with Crippen LogP contribution >= 0.6 is 12.2 Å². The summed E-state index contributed by atoms with van der Waals surface area (Å²) < 4.78 is 45.4. The zero-order valence-corrected chi connectivity index (χ0v) is 12.6. The minimum atomic E-state index is -3.99. The Kier molecular flexibility index (Phi) is 4.35. The van der Waals surface area contributed by atoms with Crippen molar-refractivity contribution in [3.8, 4) is 0 Å². The first-order valence-electron chi connectivity index (χ1n) is 5.81. The van der Waals surface area contributed by atoms with Crippen LogP contribution in [0.1, 0.15) is 17.0 Å². The number of aryl methyl sites for hydroxylation is 1. The van der Waals surface area contributed by atoms with E-state index >= 15 is 0 Å². The van der Waals surface area contributed by atoms with Crippen LogP contribution in [0, 0.1) is 12.7 Å². The zero-order chi connectivity index (χ0) is 15.6. The molecule has 1 aromatic carbocycles. The highest BCUT2D eigenvalue weighted by atomic mass is 32.2. The molecule has 2 aromatic rings. The molecule has 0 aliphatic rings. The van der Waals surface area contributed by atoms with Crippen molar-refractivity contribution in [2.45, 2.75) is 18.4 Å². The Labute approximate surface area is 126 Å². The summed E-state index contributed by atoms with van der Waals surface area (Å²) in [6, 6.07) is 5.17. The molecule has 1 aromatic heterocycles. The van der Waals surface area contributed by atoms with E-state index in [-0.39, 0.29) is 22.0 Å². The minimum absolute atomic E-state index is 0.115. The average Bonchev–Trinajstić information content (AvgIpc) is 2.82. The number of benzene rings is 1. The lowest BCUT2D eigenvalue weighted by Crippen LogP contribution is -2.27. The van der Waals surface area contributed by atoms with Gasteiger partial charge in [0.1, 0.15) is 10.8 Å². The zero-order valence-electron chi connectivity index (χ0n) is 11.0. The molecule has 0 aliphatic heterocycles. The smallest absolute Gasteiger partial charge is 0.241 e. The highest BCUT2D eigenvalue weighted by Gasteiger charge is 2.22. The van der Waals surface area contributed by atoms with Crippen molar-refractivity contribution in [2.24, 2.45) is 5.73 Å². The van der Waals surface area contributed by atoms with E-state index in [2.05, 4.69) is 9.88 Å². The van der Waals surface area contributed by atoms with E-state index in [4.69, 9.17) is 22.5 Å². The third-order valence-electron chi connectivity index (χ3n) is 2.62. The number of hydrogen-bond acceptors (Lipinski definition) is 5. The first-order chi connectivity index (χ1) is 9.81. The lowest BCUT2D eigenvalue weighted by atomic mass is 10.2. The summed E-state index contributed by atoms with van der Waals surface area (Å²) in [6.07, 6.45) is 0. The second-order valence-electron chi connectivity index (χ2n) is 4.24. The molecular formula is C12H12FN3O3S2. The average molecular weight is 329 g/mol. The van der Waals surface area contributed by atoms with Gasteiger partial charge in [0.15, 0.2) is 5.76 Å². The molecule has 0 atom stereocenters. The van der Waals surface area contributed by atoms with Gasteiger partial charge in [-0.3, -0.25) is 0 Å². The summed E-state index contributed by atoms with van der Waals surface area (Å²) in [4.78, 5) is -0.643. The Hall–Kier alpha value is -1.84. The Bertz CT molecular complexity index is 787. The van der Waals surface area contributed by atoms with Crippen LogP contribution in [-0.4, -0.2) is 18.6 Å². The molecule has 0 radical (unpaired) electrons. The molecule has 9 heteroatoms. The number of hydrogen-bond donors (Lipinski definition) is 2. The van der Waals surface area contributed by atoms with Crippen molar-refractivity contribution in [3.05, 3.63) is 47.1 Å². The van der Waals surface area contributed by atoms with Gasteiger partial charge in [-0.15, -0.1) is 0 Å². The molecule has 0 aliphatic carbocycles. The van der Waals surface area contributed by atoms with Gasteiger partial charge in [0.25, 0.3) is 0 Å². The molecule has 0 saturated carbocycles. The number of nitrogens with two attached hydrogens (primary N) is 1. The van der Waals surface area contributed by atoms with Crippen LogP contribution in [0.5, 0.6) is 0 Å². The number of nitrogens with zero attached hydrogens (tertiary/aromatic N) is 1. The second kappa shape index (κ2) is 5.88. The summed E-state index contributed by atoms with van der Waals surface area (Å²) in [7, 11) is -3.99. The van der Waals surface area contributed by atoms with Gasteiger partial charge in [0, 0.05) is 6.07 Å². The number of aromatic nitrogens is 1. The topological polar surface area (TPSA) is 98.2 Å². The lowest BCUT2D eigenvalue weighted by Gasteiger charge is -2.10. The van der Waals surface area contributed by atoms with Crippen LogP contribution in [0.25, 0.3) is 0 Å². The van der Waals surface area contributed by atoms with Crippen LogP contribution in [-0.2, 0) is 16.6 Å². The van der Waals surface area contributed by atoms with Gasteiger partial charge in [-0.05, 0) is 19.1 Å². The van der Waals surface area contributed by atoms with Crippen molar-refractivity contribution in [1.82, 2.24) is 9.88 Å². The van der Waals surface area contributed by atoms with Crippen molar-refractivity contribution >= 4 is 27.2 Å². The second-order valence-corrected chi connectivity index (χ2v) is 6.41. The molecule has 1 heterocycles. The molecule has 0 saturated heterocycles. The Morgan fingerprint density at radius 1 is 1.52 bits per heavy atom. The largest absolute Gasteiger partial charge is 0.389 e. The van der Waals surface area contributed by atoms with Gasteiger partial charge in [-0.1, -0.05) is 23.4 Å². The van der Waals surface area contributed by atoms with Crippen molar-refractivity contribution in [2.75, 3.05) is 0 Å². The number of sulfonamides is 1. The van der Waals surface area contributed by atoms with Crippen molar-refractivity contribution < 1.29 is 17.3 Å². The molecule has 2 rings (SSSR count). The van der Waals surface area contributed by atoms with Gasteiger partial charge < -0.3 is 10.3 Å². The summed E-state index contributed by atoms with van der Waals surface area (Å²) >= 11 is 4.70. The van der Waals surface area contributed by atoms with E-state index in [9.17, 15) is 12.8 Å². The molecule has 0 amide bonds. The molecule has 21 heavy (non-hydrogen) atoms. The summed E-state index contributed by atoms with van der Waals surface area (Å²) in [6.45, 7) is 1.59. The first-order valence-corrected chi connectivity index (χ1v) is 7.70. The number of thiocarbonyl (C=S) groups is 1. The SMILES string of the molecule is Cc1cc(CNS(=O)(=O)c2cccc(F)c2C(N)=S)on1. The van der Waals surface area contributed by atoms with Gasteiger partial charge in [-0.2, -0.15) is 0 Å². The fraction of sp³-hybridized carbons (Fsp3) is 0.167. The molecular weight excluding hydrogens is 317 g/mol. The van der Waals surface area contributed by atoms with Gasteiger partial charge in [-0.25, -0.2) is 17.5 Å². The molecule has 0 bridgehead atoms. The molecule has 3 N–H and O–H groups in total. The number of nitrogens with one attached hydrogen (secondary N) is 1. The van der Waals surface area contributed by atoms with Crippen LogP contribution in [0.2, 0.25) is 0 Å². The maximum Gasteiger partial charge on any atom is 0.241 e. The van der Waals surface area contributed by atoms with Crippen LogP contribution in [0.15, 0.2) is 33.7 Å². The lowest BCUT2D eigenvalue weighted by molar-refractivity contribution is 0.377. The predicted octanol–water partition coefficient (Wildman–Crippen LogP) is 1.23. The molecule has 6 nitrogen and oxygen atoms in total. The first kappa shape index (κ1) is 15.5. The Morgan fingerprint density at radius 3 is 2.81 bits per heavy atom. The predicted molar refractivity (Wildman–Crippen MR) is 77.6 cm³/mol. The molecule has 0 fully saturated rings. The Balaban J connectivity index is 2.32. The normalized spacial score (nSPS) is 11.5. The van der Waals surface area contributed by atoms with E-state index in [1.807, 2.05) is 0 Å². The minimum Gasteiger partial charge on any atom is -0.389 e. The maximum absolute atomic E-state index is 13.7. The van der Waals surface area contributed by atoms with E-state index in [0.717, 1.165) is 6.07 Å². The van der Waals surface area contributed by atoms with E-state index < -0.39 is 15.8 Å². The summed E-state index contributed by atoms with van der Waals surface area (Å²) in [5, 5.41) is 3.64. The maximum atomic E-state index is 13.7. The standard InChI is InChI=1S/C12H12FN3O3S2/c1-7-5-8(19-16-7)6-15-21(17,18)10-4-2-3-9(13)11(10)12(14)20/h2-5,15H,6H2,1H3,(H2,14,20).